The van der Waals surface area contributed by atoms with Gasteiger partial charge < -0.3 is 9.84 Å². The average Bonchev–Trinajstić information content (AvgIpc) is 3.13. The Hall–Kier alpha value is -1.48. The monoisotopic (exact) mass is 410 g/mol. The Bertz CT molecular complexity index is 757. The Balaban J connectivity index is 1.52. The summed E-state index contributed by atoms with van der Waals surface area (Å²) in [5.41, 5.74) is 1.91. The summed E-state index contributed by atoms with van der Waals surface area (Å²) in [7, 11) is -1.70. The summed E-state index contributed by atoms with van der Waals surface area (Å²) < 4.78 is 34.4. The summed E-state index contributed by atoms with van der Waals surface area (Å²) in [5.74, 6) is -0.0892. The van der Waals surface area contributed by atoms with Crippen LogP contribution in [0.2, 0.25) is 0 Å². The minimum absolute atomic E-state index is 0.0246. The second-order valence-corrected chi connectivity index (χ2v) is 9.84. The summed E-state index contributed by atoms with van der Waals surface area (Å²) in [5, 5.41) is 8.85. The predicted octanol–water partition coefficient (Wildman–Crippen LogP) is 1.78. The number of carboxylic acid groups (broad SMARTS) is 1. The van der Waals surface area contributed by atoms with Gasteiger partial charge in [-0.3, -0.25) is 4.79 Å². The summed E-state index contributed by atoms with van der Waals surface area (Å²) >= 11 is 0. The second-order valence-electron chi connectivity index (χ2n) is 7.91. The van der Waals surface area contributed by atoms with Crippen molar-refractivity contribution in [2.75, 3.05) is 39.9 Å². The van der Waals surface area contributed by atoms with Gasteiger partial charge in [0.05, 0.1) is 6.42 Å². The van der Waals surface area contributed by atoms with E-state index in [0.717, 1.165) is 36.8 Å². The number of rotatable bonds is 8. The van der Waals surface area contributed by atoms with Gasteiger partial charge in [0.2, 0.25) is 0 Å². The van der Waals surface area contributed by atoms with Gasteiger partial charge in [0, 0.05) is 39.9 Å². The van der Waals surface area contributed by atoms with E-state index in [9.17, 15) is 13.2 Å². The van der Waals surface area contributed by atoms with Gasteiger partial charge in [-0.2, -0.15) is 17.0 Å². The largest absolute Gasteiger partial charge is 0.481 e. The number of aliphatic carboxylic acids is 1. The maximum atomic E-state index is 13.0. The zero-order valence-electron chi connectivity index (χ0n) is 16.4. The molecule has 1 aromatic carbocycles. The van der Waals surface area contributed by atoms with E-state index >= 15 is 0 Å². The third-order valence-corrected chi connectivity index (χ3v) is 7.78. The number of hydrogen-bond donors (Lipinski definition) is 1. The Labute approximate surface area is 167 Å². The third kappa shape index (κ3) is 5.31. The molecule has 2 aliphatic rings. The summed E-state index contributed by atoms with van der Waals surface area (Å²) in [4.78, 5) is 10.8. The molecule has 3 rings (SSSR count). The van der Waals surface area contributed by atoms with Gasteiger partial charge in [-0.05, 0) is 48.6 Å². The fourth-order valence-electron chi connectivity index (χ4n) is 4.18. The Kier molecular flexibility index (Phi) is 7.09. The minimum Gasteiger partial charge on any atom is -0.481 e. The molecular weight excluding hydrogens is 380 g/mol. The highest BCUT2D eigenvalue weighted by molar-refractivity contribution is 7.86. The van der Waals surface area contributed by atoms with Crippen LogP contribution >= 0.6 is 0 Å². The SMILES string of the molecule is COCC1CCN(S(=O)(=O)N2CCC(Cc3ccc(CC(=O)O)cc3)C2)CC1. The van der Waals surface area contributed by atoms with Gasteiger partial charge in [-0.1, -0.05) is 24.3 Å². The molecule has 28 heavy (non-hydrogen) atoms. The van der Waals surface area contributed by atoms with Crippen LogP contribution in [0.5, 0.6) is 0 Å². The number of piperidine rings is 1. The minimum atomic E-state index is -3.38. The van der Waals surface area contributed by atoms with Crippen LogP contribution in [0.3, 0.4) is 0 Å². The molecule has 2 fully saturated rings. The number of ether oxygens (including phenoxy) is 1. The van der Waals surface area contributed by atoms with E-state index in [1.54, 1.807) is 15.7 Å². The van der Waals surface area contributed by atoms with Crippen molar-refractivity contribution in [2.45, 2.75) is 32.1 Å². The first-order valence-corrected chi connectivity index (χ1v) is 11.3. The van der Waals surface area contributed by atoms with Crippen molar-refractivity contribution in [3.05, 3.63) is 35.4 Å². The van der Waals surface area contributed by atoms with E-state index in [2.05, 4.69) is 0 Å². The Morgan fingerprint density at radius 3 is 2.21 bits per heavy atom. The number of methoxy groups -OCH3 is 1. The van der Waals surface area contributed by atoms with E-state index in [0.29, 0.717) is 44.6 Å². The van der Waals surface area contributed by atoms with Crippen molar-refractivity contribution < 1.29 is 23.1 Å². The highest BCUT2D eigenvalue weighted by Crippen LogP contribution is 2.27. The van der Waals surface area contributed by atoms with Crippen LogP contribution in [-0.2, 0) is 32.6 Å². The fraction of sp³-hybridized carbons (Fsp3) is 0.650. The van der Waals surface area contributed by atoms with Crippen LogP contribution in [0.15, 0.2) is 24.3 Å². The van der Waals surface area contributed by atoms with Crippen LogP contribution in [-0.4, -0.2) is 68.0 Å². The van der Waals surface area contributed by atoms with Crippen LogP contribution < -0.4 is 0 Å². The van der Waals surface area contributed by atoms with Gasteiger partial charge in [0.15, 0.2) is 0 Å². The molecule has 0 saturated carbocycles. The smallest absolute Gasteiger partial charge is 0.307 e. The number of carboxylic acids is 1. The zero-order chi connectivity index (χ0) is 20.1. The highest BCUT2D eigenvalue weighted by atomic mass is 32.2. The van der Waals surface area contributed by atoms with Crippen molar-refractivity contribution in [1.29, 1.82) is 0 Å². The lowest BCUT2D eigenvalue weighted by atomic mass is 9.97. The van der Waals surface area contributed by atoms with Crippen molar-refractivity contribution >= 4 is 16.2 Å². The van der Waals surface area contributed by atoms with E-state index < -0.39 is 16.2 Å². The molecule has 0 amide bonds. The summed E-state index contributed by atoms with van der Waals surface area (Å²) in [6, 6.07) is 7.60. The normalized spacial score (nSPS) is 22.5. The van der Waals surface area contributed by atoms with Crippen molar-refractivity contribution in [3.8, 4) is 0 Å². The molecule has 2 saturated heterocycles. The first kappa shape index (κ1) is 21.2. The molecule has 2 heterocycles. The molecule has 1 unspecified atom stereocenters. The molecule has 8 heteroatoms. The number of hydrogen-bond acceptors (Lipinski definition) is 4. The van der Waals surface area contributed by atoms with Crippen molar-refractivity contribution in [2.24, 2.45) is 11.8 Å². The highest BCUT2D eigenvalue weighted by Gasteiger charge is 2.37. The second kappa shape index (κ2) is 9.35. The fourth-order valence-corrected chi connectivity index (χ4v) is 5.91. The molecule has 1 aromatic rings. The molecule has 0 aliphatic carbocycles. The Morgan fingerprint density at radius 1 is 1.04 bits per heavy atom. The van der Waals surface area contributed by atoms with E-state index in [1.807, 2.05) is 24.3 Å². The Morgan fingerprint density at radius 2 is 1.61 bits per heavy atom. The molecule has 0 radical (unpaired) electrons. The van der Waals surface area contributed by atoms with Gasteiger partial charge in [0.25, 0.3) is 10.2 Å². The molecule has 2 aliphatic heterocycles. The zero-order valence-corrected chi connectivity index (χ0v) is 17.2. The lowest BCUT2D eigenvalue weighted by molar-refractivity contribution is -0.136. The van der Waals surface area contributed by atoms with Crippen LogP contribution in [0.4, 0.5) is 0 Å². The van der Waals surface area contributed by atoms with Gasteiger partial charge >= 0.3 is 5.97 Å². The molecule has 156 valence electrons. The lowest BCUT2D eigenvalue weighted by Gasteiger charge is -2.33. The van der Waals surface area contributed by atoms with Crippen LogP contribution in [0.25, 0.3) is 0 Å². The van der Waals surface area contributed by atoms with Gasteiger partial charge in [-0.25, -0.2) is 0 Å². The molecule has 0 bridgehead atoms. The van der Waals surface area contributed by atoms with Crippen LogP contribution in [0.1, 0.15) is 30.4 Å². The molecule has 0 spiro atoms. The third-order valence-electron chi connectivity index (χ3n) is 5.78. The predicted molar refractivity (Wildman–Crippen MR) is 106 cm³/mol. The van der Waals surface area contributed by atoms with Crippen molar-refractivity contribution in [3.63, 3.8) is 0 Å². The van der Waals surface area contributed by atoms with Crippen LogP contribution in [0, 0.1) is 11.8 Å². The van der Waals surface area contributed by atoms with E-state index in [4.69, 9.17) is 9.84 Å². The topological polar surface area (TPSA) is 87.2 Å². The maximum absolute atomic E-state index is 13.0. The molecule has 7 nitrogen and oxygen atoms in total. The van der Waals surface area contributed by atoms with Gasteiger partial charge in [-0.15, -0.1) is 0 Å². The van der Waals surface area contributed by atoms with Crippen molar-refractivity contribution in [1.82, 2.24) is 8.61 Å². The number of nitrogens with zero attached hydrogens (tertiary/aromatic N) is 2. The average molecular weight is 411 g/mol. The lowest BCUT2D eigenvalue weighted by Crippen LogP contribution is -2.46. The quantitative estimate of drug-likeness (QED) is 0.706. The summed E-state index contributed by atoms with van der Waals surface area (Å²) in [6.07, 6.45) is 3.41. The number of carbonyl (C=O) groups is 1. The molecule has 1 N–H and O–H groups in total. The standard InChI is InChI=1S/C20H30N2O5S/c1-27-15-18-6-9-21(10-7-18)28(25,26)22-11-8-19(14-22)12-16-2-4-17(5-3-16)13-20(23)24/h2-5,18-19H,6-15H2,1H3,(H,23,24). The molecule has 1 atom stereocenters. The maximum Gasteiger partial charge on any atom is 0.307 e. The van der Waals surface area contributed by atoms with Gasteiger partial charge in [0.1, 0.15) is 0 Å². The van der Waals surface area contributed by atoms with E-state index in [1.165, 1.54) is 0 Å². The summed E-state index contributed by atoms with van der Waals surface area (Å²) in [6.45, 7) is 2.97. The first-order chi connectivity index (χ1) is 13.4. The number of benzene rings is 1. The first-order valence-electron chi connectivity index (χ1n) is 9.92. The van der Waals surface area contributed by atoms with E-state index in [-0.39, 0.29) is 6.42 Å². The molecule has 0 aromatic heterocycles. The molecular formula is C20H30N2O5S.